The average molecular weight is 482 g/mol. The van der Waals surface area contributed by atoms with E-state index in [0.717, 1.165) is 13.1 Å². The predicted molar refractivity (Wildman–Crippen MR) is 127 cm³/mol. The minimum atomic E-state index is -0.877. The number of nitrogens with zero attached hydrogens (tertiary/aromatic N) is 3. The number of methoxy groups -OCH3 is 1. The fraction of sp³-hybridized carbons (Fsp3) is 0.360. The number of morpholine rings is 1. The maximum atomic E-state index is 13.2. The molecule has 0 spiro atoms. The van der Waals surface area contributed by atoms with Crippen molar-refractivity contribution in [1.29, 1.82) is 0 Å². The number of benzene rings is 2. The van der Waals surface area contributed by atoms with E-state index >= 15 is 0 Å². The standard InChI is InChI=1S/C25H27N3O7/c1-16-15-19(34-2)7-8-20(16)23(29)21-22(17-3-5-18(6-4-17)28(32)33)27(25(31)24(21)30)10-9-26-11-13-35-14-12-26/h3-8,15,22,29H,9-14H2,1-2H3/b23-21-. The summed E-state index contributed by atoms with van der Waals surface area (Å²) in [6, 6.07) is 9.85. The number of hydrogen-bond donors (Lipinski definition) is 1. The highest BCUT2D eigenvalue weighted by molar-refractivity contribution is 6.46. The minimum Gasteiger partial charge on any atom is -0.507 e. The Morgan fingerprint density at radius 3 is 2.43 bits per heavy atom. The van der Waals surface area contributed by atoms with Crippen molar-refractivity contribution < 1.29 is 29.1 Å². The van der Waals surface area contributed by atoms with Crippen LogP contribution in [0.4, 0.5) is 5.69 Å². The van der Waals surface area contributed by atoms with E-state index in [2.05, 4.69) is 4.90 Å². The van der Waals surface area contributed by atoms with Crippen molar-refractivity contribution in [1.82, 2.24) is 9.80 Å². The van der Waals surface area contributed by atoms with Gasteiger partial charge < -0.3 is 19.5 Å². The van der Waals surface area contributed by atoms with Crippen molar-refractivity contribution in [3.63, 3.8) is 0 Å². The van der Waals surface area contributed by atoms with E-state index in [-0.39, 0.29) is 23.6 Å². The summed E-state index contributed by atoms with van der Waals surface area (Å²) in [5, 5.41) is 22.4. The number of carbonyl (C=O) groups is 2. The van der Waals surface area contributed by atoms with Gasteiger partial charge >= 0.3 is 0 Å². The summed E-state index contributed by atoms with van der Waals surface area (Å²) in [6.45, 7) is 5.19. The molecule has 0 bridgehead atoms. The molecule has 35 heavy (non-hydrogen) atoms. The molecule has 1 N–H and O–H groups in total. The Bertz CT molecular complexity index is 1170. The molecule has 2 aromatic carbocycles. The Morgan fingerprint density at radius 2 is 1.83 bits per heavy atom. The lowest BCUT2D eigenvalue weighted by Gasteiger charge is -2.31. The predicted octanol–water partition coefficient (Wildman–Crippen LogP) is 2.67. The van der Waals surface area contributed by atoms with E-state index in [1.807, 2.05) is 0 Å². The molecule has 2 saturated heterocycles. The number of ketones is 1. The SMILES string of the molecule is COc1ccc(/C(O)=C2/C(=O)C(=O)N(CCN3CCOCC3)C2c2ccc([N+](=O)[O-])cc2)c(C)c1. The van der Waals surface area contributed by atoms with Gasteiger partial charge in [-0.2, -0.15) is 0 Å². The lowest BCUT2D eigenvalue weighted by atomic mass is 9.93. The number of likely N-dealkylation sites (tertiary alicyclic amines) is 1. The maximum Gasteiger partial charge on any atom is 0.295 e. The third kappa shape index (κ3) is 4.89. The quantitative estimate of drug-likeness (QED) is 0.211. The van der Waals surface area contributed by atoms with Crippen LogP contribution >= 0.6 is 0 Å². The van der Waals surface area contributed by atoms with Gasteiger partial charge in [-0.1, -0.05) is 0 Å². The average Bonchev–Trinajstić information content (AvgIpc) is 3.12. The van der Waals surface area contributed by atoms with E-state index in [0.29, 0.717) is 42.2 Å². The number of non-ortho nitro benzene ring substituents is 1. The number of carbonyl (C=O) groups excluding carboxylic acids is 2. The smallest absolute Gasteiger partial charge is 0.295 e. The van der Waals surface area contributed by atoms with Crippen molar-refractivity contribution in [3.05, 3.63) is 74.8 Å². The van der Waals surface area contributed by atoms with E-state index in [4.69, 9.17) is 9.47 Å². The molecule has 0 radical (unpaired) electrons. The number of nitro benzene ring substituents is 1. The molecule has 10 heteroatoms. The topological polar surface area (TPSA) is 122 Å². The number of ether oxygens (including phenoxy) is 2. The Hall–Kier alpha value is -3.76. The molecule has 1 atom stereocenters. The number of rotatable bonds is 7. The largest absolute Gasteiger partial charge is 0.507 e. The second kappa shape index (κ2) is 10.2. The van der Waals surface area contributed by atoms with Crippen molar-refractivity contribution in [2.45, 2.75) is 13.0 Å². The van der Waals surface area contributed by atoms with Crippen molar-refractivity contribution in [2.24, 2.45) is 0 Å². The molecule has 1 amide bonds. The zero-order valence-corrected chi connectivity index (χ0v) is 19.6. The number of nitro groups is 1. The molecule has 2 aromatic rings. The Kier molecular flexibility index (Phi) is 7.13. The number of Topliss-reactive ketones (excluding diaryl/α,β-unsaturated/α-hetero) is 1. The van der Waals surface area contributed by atoms with E-state index < -0.39 is 22.7 Å². The van der Waals surface area contributed by atoms with Gasteiger partial charge in [-0.15, -0.1) is 0 Å². The lowest BCUT2D eigenvalue weighted by molar-refractivity contribution is -0.384. The summed E-state index contributed by atoms with van der Waals surface area (Å²) in [6.07, 6.45) is 0. The van der Waals surface area contributed by atoms with Crippen molar-refractivity contribution in [2.75, 3.05) is 46.5 Å². The van der Waals surface area contributed by atoms with Crippen LogP contribution in [0.3, 0.4) is 0 Å². The summed E-state index contributed by atoms with van der Waals surface area (Å²) in [5.74, 6) is -1.20. The molecule has 2 aliphatic rings. The van der Waals surface area contributed by atoms with Gasteiger partial charge in [0.15, 0.2) is 0 Å². The third-order valence-corrected chi connectivity index (χ3v) is 6.41. The van der Waals surface area contributed by atoms with Gasteiger partial charge in [-0.3, -0.25) is 24.6 Å². The first-order valence-corrected chi connectivity index (χ1v) is 11.3. The van der Waals surface area contributed by atoms with Crippen LogP contribution in [-0.2, 0) is 14.3 Å². The molecular formula is C25H27N3O7. The van der Waals surface area contributed by atoms with Crippen LogP contribution in [0.2, 0.25) is 0 Å². The first-order valence-electron chi connectivity index (χ1n) is 11.3. The molecule has 184 valence electrons. The number of amides is 1. The van der Waals surface area contributed by atoms with E-state index in [1.165, 1.54) is 36.3 Å². The highest BCUT2D eigenvalue weighted by Gasteiger charge is 2.46. The fourth-order valence-electron chi connectivity index (χ4n) is 4.48. The van der Waals surface area contributed by atoms with Crippen LogP contribution in [0, 0.1) is 17.0 Å². The molecule has 4 rings (SSSR count). The second-order valence-electron chi connectivity index (χ2n) is 8.48. The monoisotopic (exact) mass is 481 g/mol. The Balaban J connectivity index is 1.77. The third-order valence-electron chi connectivity index (χ3n) is 6.41. The zero-order chi connectivity index (χ0) is 25.1. The van der Waals surface area contributed by atoms with Gasteiger partial charge in [0.1, 0.15) is 11.5 Å². The van der Waals surface area contributed by atoms with Crippen LogP contribution in [-0.4, -0.2) is 78.0 Å². The summed E-state index contributed by atoms with van der Waals surface area (Å²) >= 11 is 0. The normalized spacial score (nSPS) is 20.3. The van der Waals surface area contributed by atoms with Gasteiger partial charge in [-0.25, -0.2) is 0 Å². The van der Waals surface area contributed by atoms with Crippen LogP contribution in [0.25, 0.3) is 5.76 Å². The molecule has 0 saturated carbocycles. The van der Waals surface area contributed by atoms with Gasteiger partial charge in [-0.05, 0) is 48.4 Å². The second-order valence-corrected chi connectivity index (χ2v) is 8.48. The first kappa shape index (κ1) is 24.4. The number of aryl methyl sites for hydroxylation is 1. The number of aliphatic hydroxyl groups excluding tert-OH is 1. The van der Waals surface area contributed by atoms with Gasteiger partial charge in [0.2, 0.25) is 0 Å². The lowest BCUT2D eigenvalue weighted by Crippen LogP contribution is -2.42. The molecule has 2 heterocycles. The van der Waals surface area contributed by atoms with Gasteiger partial charge in [0.05, 0.1) is 36.9 Å². The molecular weight excluding hydrogens is 454 g/mol. The number of hydrogen-bond acceptors (Lipinski definition) is 8. The van der Waals surface area contributed by atoms with Crippen molar-refractivity contribution in [3.8, 4) is 5.75 Å². The van der Waals surface area contributed by atoms with Crippen LogP contribution in [0.5, 0.6) is 5.75 Å². The molecule has 1 unspecified atom stereocenters. The molecule has 10 nitrogen and oxygen atoms in total. The van der Waals surface area contributed by atoms with Crippen molar-refractivity contribution >= 4 is 23.1 Å². The molecule has 2 aliphatic heterocycles. The van der Waals surface area contributed by atoms with E-state index in [9.17, 15) is 24.8 Å². The van der Waals surface area contributed by atoms with Crippen LogP contribution < -0.4 is 4.74 Å². The zero-order valence-electron chi connectivity index (χ0n) is 19.6. The fourth-order valence-corrected chi connectivity index (χ4v) is 4.48. The van der Waals surface area contributed by atoms with Crippen LogP contribution in [0.15, 0.2) is 48.0 Å². The molecule has 0 aliphatic carbocycles. The summed E-state index contributed by atoms with van der Waals surface area (Å²) in [4.78, 5) is 40.5. The highest BCUT2D eigenvalue weighted by Crippen LogP contribution is 2.40. The van der Waals surface area contributed by atoms with Gasteiger partial charge in [0, 0.05) is 43.9 Å². The molecule has 0 aromatic heterocycles. The summed E-state index contributed by atoms with van der Waals surface area (Å²) in [5.41, 5.74) is 1.43. The minimum absolute atomic E-state index is 0.0425. The summed E-state index contributed by atoms with van der Waals surface area (Å²) < 4.78 is 10.6. The van der Waals surface area contributed by atoms with Gasteiger partial charge in [0.25, 0.3) is 17.4 Å². The first-order chi connectivity index (χ1) is 16.8. The number of aliphatic hydroxyl groups is 1. The Labute approximate surface area is 202 Å². The van der Waals surface area contributed by atoms with E-state index in [1.54, 1.807) is 25.1 Å². The Morgan fingerprint density at radius 1 is 1.14 bits per heavy atom. The maximum absolute atomic E-state index is 13.2. The highest BCUT2D eigenvalue weighted by atomic mass is 16.6. The molecule has 2 fully saturated rings. The van der Waals surface area contributed by atoms with Crippen LogP contribution in [0.1, 0.15) is 22.7 Å². The summed E-state index contributed by atoms with van der Waals surface area (Å²) in [7, 11) is 1.53.